The Labute approximate surface area is 137 Å². The van der Waals surface area contributed by atoms with E-state index in [1.807, 2.05) is 37.3 Å². The maximum atomic E-state index is 12.3. The van der Waals surface area contributed by atoms with Gasteiger partial charge in [0.15, 0.2) is 0 Å². The Morgan fingerprint density at radius 3 is 2.42 bits per heavy atom. The molecule has 0 spiro atoms. The van der Waals surface area contributed by atoms with Crippen LogP contribution >= 0.6 is 0 Å². The van der Waals surface area contributed by atoms with Crippen molar-refractivity contribution in [1.82, 2.24) is 4.98 Å². The van der Waals surface area contributed by atoms with Gasteiger partial charge in [-0.3, -0.25) is 0 Å². The van der Waals surface area contributed by atoms with E-state index >= 15 is 0 Å². The number of fused-ring (bicyclic) bond motifs is 1. The number of hydrogen-bond donors (Lipinski definition) is 1. The quantitative estimate of drug-likeness (QED) is 0.688. The van der Waals surface area contributed by atoms with Gasteiger partial charge in [-0.25, -0.2) is 4.98 Å². The molecule has 0 saturated carbocycles. The molecule has 1 N–H and O–H groups in total. The summed E-state index contributed by atoms with van der Waals surface area (Å²) in [7, 11) is 0. The largest absolute Gasteiger partial charge is 0.573 e. The Morgan fingerprint density at radius 1 is 0.958 bits per heavy atom. The van der Waals surface area contributed by atoms with Gasteiger partial charge in [-0.1, -0.05) is 18.2 Å². The van der Waals surface area contributed by atoms with Crippen molar-refractivity contribution in [2.45, 2.75) is 20.2 Å². The molecule has 0 aliphatic rings. The second-order valence-corrected chi connectivity index (χ2v) is 5.50. The molecule has 3 aromatic rings. The summed E-state index contributed by atoms with van der Waals surface area (Å²) in [5.41, 5.74) is 3.10. The molecule has 24 heavy (non-hydrogen) atoms. The molecule has 0 radical (unpaired) electrons. The lowest BCUT2D eigenvalue weighted by molar-refractivity contribution is -0.274. The Balaban J connectivity index is 1.90. The van der Waals surface area contributed by atoms with Crippen LogP contribution in [0.5, 0.6) is 5.75 Å². The number of rotatable bonds is 3. The average Bonchev–Trinajstić information content (AvgIpc) is 2.49. The van der Waals surface area contributed by atoms with Crippen LogP contribution in [0, 0.1) is 13.8 Å². The van der Waals surface area contributed by atoms with E-state index in [1.54, 1.807) is 13.0 Å². The maximum Gasteiger partial charge on any atom is 0.573 e. The van der Waals surface area contributed by atoms with Gasteiger partial charge in [-0.05, 0) is 55.3 Å². The molecule has 0 aliphatic heterocycles. The second kappa shape index (κ2) is 6.03. The molecule has 3 rings (SSSR count). The highest BCUT2D eigenvalue weighted by atomic mass is 19.4. The molecule has 0 atom stereocenters. The Hall–Kier alpha value is -2.76. The zero-order valence-electron chi connectivity index (χ0n) is 13.1. The molecular weight excluding hydrogens is 317 g/mol. The summed E-state index contributed by atoms with van der Waals surface area (Å²) in [6.45, 7) is 3.64. The number of nitrogens with zero attached hydrogens (tertiary/aromatic N) is 1. The van der Waals surface area contributed by atoms with Gasteiger partial charge in [0.25, 0.3) is 0 Å². The number of halogens is 3. The zero-order valence-corrected chi connectivity index (χ0v) is 13.1. The number of anilines is 2. The third kappa shape index (κ3) is 3.59. The van der Waals surface area contributed by atoms with Gasteiger partial charge < -0.3 is 10.1 Å². The Bertz CT molecular complexity index is 891. The zero-order chi connectivity index (χ0) is 17.3. The van der Waals surface area contributed by atoms with Crippen LogP contribution in [0.4, 0.5) is 24.7 Å². The van der Waals surface area contributed by atoms with Gasteiger partial charge in [0.05, 0.1) is 5.52 Å². The van der Waals surface area contributed by atoms with E-state index in [-0.39, 0.29) is 5.75 Å². The minimum absolute atomic E-state index is 0.242. The molecule has 6 heteroatoms. The molecule has 0 bridgehead atoms. The van der Waals surface area contributed by atoms with E-state index in [4.69, 9.17) is 0 Å². The summed E-state index contributed by atoms with van der Waals surface area (Å²) in [6.07, 6.45) is -4.70. The fourth-order valence-electron chi connectivity index (χ4n) is 2.45. The predicted octanol–water partition coefficient (Wildman–Crippen LogP) is 5.49. The summed E-state index contributed by atoms with van der Waals surface area (Å²) in [5, 5.41) is 4.21. The number of benzene rings is 2. The van der Waals surface area contributed by atoms with E-state index < -0.39 is 6.36 Å². The first-order valence-electron chi connectivity index (χ1n) is 7.32. The van der Waals surface area contributed by atoms with Crippen molar-refractivity contribution >= 4 is 22.4 Å². The monoisotopic (exact) mass is 332 g/mol. The van der Waals surface area contributed by atoms with Crippen molar-refractivity contribution in [1.29, 1.82) is 0 Å². The predicted molar refractivity (Wildman–Crippen MR) is 87.6 cm³/mol. The topological polar surface area (TPSA) is 34.1 Å². The molecule has 0 saturated heterocycles. The summed E-state index contributed by atoms with van der Waals surface area (Å²) in [5.74, 6) is 0.426. The highest BCUT2D eigenvalue weighted by molar-refractivity contribution is 5.82. The lowest BCUT2D eigenvalue weighted by Crippen LogP contribution is -2.17. The lowest BCUT2D eigenvalue weighted by Gasteiger charge is -2.14. The fraction of sp³-hybridized carbons (Fsp3) is 0.167. The van der Waals surface area contributed by atoms with Gasteiger partial charge in [0, 0.05) is 11.1 Å². The van der Waals surface area contributed by atoms with Crippen LogP contribution in [0.2, 0.25) is 0 Å². The van der Waals surface area contributed by atoms with Crippen LogP contribution in [-0.2, 0) is 0 Å². The van der Waals surface area contributed by atoms with Gasteiger partial charge in [-0.2, -0.15) is 0 Å². The summed E-state index contributed by atoms with van der Waals surface area (Å²) in [4.78, 5) is 4.57. The molecule has 124 valence electrons. The lowest BCUT2D eigenvalue weighted by atomic mass is 10.1. The second-order valence-electron chi connectivity index (χ2n) is 5.50. The summed E-state index contributed by atoms with van der Waals surface area (Å²) in [6, 6.07) is 13.9. The highest BCUT2D eigenvalue weighted by Gasteiger charge is 2.31. The van der Waals surface area contributed by atoms with Gasteiger partial charge >= 0.3 is 6.36 Å². The van der Waals surface area contributed by atoms with Crippen LogP contribution in [-0.4, -0.2) is 11.3 Å². The van der Waals surface area contributed by atoms with E-state index in [0.717, 1.165) is 16.5 Å². The standard InChI is InChI=1S/C18H15F3N2O/c1-11-10-14(24-18(19,20)21)7-8-15(11)22-17-12(2)9-13-5-3-4-6-16(13)23-17/h3-10H,1-2H3,(H,22,23). The Morgan fingerprint density at radius 2 is 1.71 bits per heavy atom. The molecular formula is C18H15F3N2O. The van der Waals surface area contributed by atoms with Crippen LogP contribution in [0.3, 0.4) is 0 Å². The normalized spacial score (nSPS) is 11.5. The minimum atomic E-state index is -4.70. The Kier molecular flexibility index (Phi) is 4.05. The fourth-order valence-corrected chi connectivity index (χ4v) is 2.45. The van der Waals surface area contributed by atoms with Crippen LogP contribution in [0.15, 0.2) is 48.5 Å². The number of ether oxygens (including phenoxy) is 1. The first kappa shape index (κ1) is 16.1. The minimum Gasteiger partial charge on any atom is -0.406 e. The number of aryl methyl sites for hydroxylation is 2. The molecule has 0 aliphatic carbocycles. The number of alkyl halides is 3. The molecule has 1 aromatic heterocycles. The molecule has 0 unspecified atom stereocenters. The van der Waals surface area contributed by atoms with E-state index in [1.165, 1.54) is 12.1 Å². The number of hydrogen-bond acceptors (Lipinski definition) is 3. The molecule has 3 nitrogen and oxygen atoms in total. The van der Waals surface area contributed by atoms with Crippen LogP contribution in [0.1, 0.15) is 11.1 Å². The smallest absolute Gasteiger partial charge is 0.406 e. The van der Waals surface area contributed by atoms with Crippen molar-refractivity contribution in [2.24, 2.45) is 0 Å². The van der Waals surface area contributed by atoms with Crippen molar-refractivity contribution in [2.75, 3.05) is 5.32 Å². The first-order valence-corrected chi connectivity index (χ1v) is 7.32. The number of nitrogens with one attached hydrogen (secondary N) is 1. The van der Waals surface area contributed by atoms with Crippen molar-refractivity contribution in [3.05, 3.63) is 59.7 Å². The van der Waals surface area contributed by atoms with Crippen LogP contribution in [0.25, 0.3) is 10.9 Å². The molecule has 0 amide bonds. The maximum absolute atomic E-state index is 12.3. The highest BCUT2D eigenvalue weighted by Crippen LogP contribution is 2.29. The number of pyridine rings is 1. The van der Waals surface area contributed by atoms with E-state index in [0.29, 0.717) is 17.1 Å². The van der Waals surface area contributed by atoms with Gasteiger partial charge in [0.2, 0.25) is 0 Å². The van der Waals surface area contributed by atoms with Crippen molar-refractivity contribution < 1.29 is 17.9 Å². The third-order valence-corrected chi connectivity index (χ3v) is 3.60. The van der Waals surface area contributed by atoms with Gasteiger partial charge in [0.1, 0.15) is 11.6 Å². The first-order chi connectivity index (χ1) is 11.3. The van der Waals surface area contributed by atoms with Crippen LogP contribution < -0.4 is 10.1 Å². The SMILES string of the molecule is Cc1cc(OC(F)(F)F)ccc1Nc1nc2ccccc2cc1C. The number of para-hydroxylation sites is 1. The summed E-state index contributed by atoms with van der Waals surface area (Å²) < 4.78 is 40.7. The van der Waals surface area contributed by atoms with Crippen molar-refractivity contribution in [3.8, 4) is 5.75 Å². The van der Waals surface area contributed by atoms with Crippen molar-refractivity contribution in [3.63, 3.8) is 0 Å². The molecule has 1 heterocycles. The molecule has 2 aromatic carbocycles. The van der Waals surface area contributed by atoms with Gasteiger partial charge in [-0.15, -0.1) is 13.2 Å². The van der Waals surface area contributed by atoms with E-state index in [2.05, 4.69) is 15.0 Å². The average molecular weight is 332 g/mol. The summed E-state index contributed by atoms with van der Waals surface area (Å²) >= 11 is 0. The van der Waals surface area contributed by atoms with E-state index in [9.17, 15) is 13.2 Å². The number of aromatic nitrogens is 1. The molecule has 0 fully saturated rings. The third-order valence-electron chi connectivity index (χ3n) is 3.60.